The van der Waals surface area contributed by atoms with Gasteiger partial charge in [0.15, 0.2) is 0 Å². The van der Waals surface area contributed by atoms with Gasteiger partial charge in [0.25, 0.3) is 5.91 Å². The van der Waals surface area contributed by atoms with E-state index in [-0.39, 0.29) is 11.8 Å². The fraction of sp³-hybridized carbons (Fsp3) is 0.0323. The molecule has 0 aliphatic heterocycles. The van der Waals surface area contributed by atoms with E-state index in [9.17, 15) is 14.0 Å². The van der Waals surface area contributed by atoms with E-state index in [1.165, 1.54) is 36.0 Å². The number of hydrogen-bond donors (Lipinski definition) is 2. The van der Waals surface area contributed by atoms with Crippen LogP contribution in [0.4, 0.5) is 15.8 Å². The Morgan fingerprint density at radius 3 is 2.14 bits per heavy atom. The van der Waals surface area contributed by atoms with Crippen LogP contribution >= 0.6 is 11.8 Å². The van der Waals surface area contributed by atoms with Crippen molar-refractivity contribution in [3.05, 3.63) is 138 Å². The largest absolute Gasteiger partial charge is 0.325 e. The molecule has 0 aliphatic rings. The van der Waals surface area contributed by atoms with Gasteiger partial charge in [-0.2, -0.15) is 0 Å². The van der Waals surface area contributed by atoms with Gasteiger partial charge in [-0.15, -0.1) is 11.8 Å². The number of rotatable bonds is 7. The Labute approximate surface area is 218 Å². The Hall–Kier alpha value is -4.42. The van der Waals surface area contributed by atoms with Gasteiger partial charge in [0.05, 0.1) is 0 Å². The molecular formula is C31H23FN2O2S. The van der Waals surface area contributed by atoms with Crippen LogP contribution in [0.5, 0.6) is 0 Å². The Morgan fingerprint density at radius 2 is 1.35 bits per heavy atom. The van der Waals surface area contributed by atoms with Gasteiger partial charge in [0.2, 0.25) is 5.91 Å². The molecule has 0 fully saturated rings. The lowest BCUT2D eigenvalue weighted by atomic mass is 10.1. The number of thioether (sulfide) groups is 1. The number of carbonyl (C=O) groups excluding carboxylic acids is 2. The Kier molecular flexibility index (Phi) is 7.28. The van der Waals surface area contributed by atoms with Crippen LogP contribution in [0.15, 0.2) is 126 Å². The molecule has 0 aromatic heterocycles. The van der Waals surface area contributed by atoms with Crippen LogP contribution < -0.4 is 10.6 Å². The van der Waals surface area contributed by atoms with Gasteiger partial charge in [-0.25, -0.2) is 4.39 Å². The molecule has 0 aliphatic carbocycles. The van der Waals surface area contributed by atoms with Crippen molar-refractivity contribution < 1.29 is 14.0 Å². The van der Waals surface area contributed by atoms with E-state index in [0.29, 0.717) is 11.3 Å². The van der Waals surface area contributed by atoms with Crippen molar-refractivity contribution in [2.75, 3.05) is 10.6 Å². The van der Waals surface area contributed by atoms with Gasteiger partial charge >= 0.3 is 0 Å². The van der Waals surface area contributed by atoms with Crippen molar-refractivity contribution in [3.8, 4) is 0 Å². The summed E-state index contributed by atoms with van der Waals surface area (Å²) in [7, 11) is 0. The average molecular weight is 507 g/mol. The smallest absolute Gasteiger partial charge is 0.255 e. The molecule has 2 amide bonds. The summed E-state index contributed by atoms with van der Waals surface area (Å²) in [6, 6.07) is 36.1. The first-order chi connectivity index (χ1) is 18.0. The van der Waals surface area contributed by atoms with Crippen molar-refractivity contribution in [2.24, 2.45) is 0 Å². The van der Waals surface area contributed by atoms with Crippen molar-refractivity contribution in [1.82, 2.24) is 0 Å². The summed E-state index contributed by atoms with van der Waals surface area (Å²) in [5.74, 6) is -0.882. The van der Waals surface area contributed by atoms with Crippen LogP contribution in [0.1, 0.15) is 21.2 Å². The first-order valence-electron chi connectivity index (χ1n) is 11.7. The second-order valence-corrected chi connectivity index (χ2v) is 9.63. The Morgan fingerprint density at radius 1 is 0.649 bits per heavy atom. The third-order valence-electron chi connectivity index (χ3n) is 5.81. The van der Waals surface area contributed by atoms with Gasteiger partial charge in [0, 0.05) is 21.8 Å². The number of anilines is 2. The molecule has 6 heteroatoms. The number of halogens is 1. The molecule has 2 N–H and O–H groups in total. The van der Waals surface area contributed by atoms with E-state index >= 15 is 0 Å². The number of nitrogens with one attached hydrogen (secondary N) is 2. The monoisotopic (exact) mass is 506 g/mol. The zero-order valence-corrected chi connectivity index (χ0v) is 20.5. The highest BCUT2D eigenvalue weighted by Gasteiger charge is 2.22. The number of amides is 2. The van der Waals surface area contributed by atoms with Crippen LogP contribution in [0.3, 0.4) is 0 Å². The maximum atomic E-state index is 13.5. The minimum Gasteiger partial charge on any atom is -0.325 e. The third-order valence-corrected chi connectivity index (χ3v) is 7.06. The normalized spacial score (nSPS) is 11.6. The molecule has 37 heavy (non-hydrogen) atoms. The maximum absolute atomic E-state index is 13.5. The van der Waals surface area contributed by atoms with Gasteiger partial charge in [-0.05, 0) is 70.9 Å². The number of fused-ring (bicyclic) bond motifs is 1. The SMILES string of the molecule is O=C(Nc1cccc(SC(C(=O)Nc2ccc3ccccc3c2)c2ccccc2)c1)c1ccc(F)cc1. The second-order valence-electron chi connectivity index (χ2n) is 8.45. The average Bonchev–Trinajstić information content (AvgIpc) is 2.92. The molecule has 182 valence electrons. The summed E-state index contributed by atoms with van der Waals surface area (Å²) in [5, 5.41) is 7.55. The van der Waals surface area contributed by atoms with Gasteiger partial charge in [0.1, 0.15) is 11.1 Å². The van der Waals surface area contributed by atoms with E-state index in [1.54, 1.807) is 6.07 Å². The first-order valence-corrected chi connectivity index (χ1v) is 12.6. The topological polar surface area (TPSA) is 58.2 Å². The molecule has 0 spiro atoms. The van der Waals surface area contributed by atoms with Crippen molar-refractivity contribution >= 4 is 45.7 Å². The lowest BCUT2D eigenvalue weighted by Gasteiger charge is -2.18. The van der Waals surface area contributed by atoms with Crippen LogP contribution in [-0.4, -0.2) is 11.8 Å². The van der Waals surface area contributed by atoms with Gasteiger partial charge in [-0.1, -0.05) is 66.7 Å². The third kappa shape index (κ3) is 6.05. The van der Waals surface area contributed by atoms with Gasteiger partial charge in [-0.3, -0.25) is 9.59 Å². The van der Waals surface area contributed by atoms with E-state index in [2.05, 4.69) is 10.6 Å². The standard InChI is InChI=1S/C31H23FN2O2S/c32-25-16-13-23(14-17-25)30(35)33-26-11-6-12-28(20-26)37-29(22-8-2-1-3-9-22)31(36)34-27-18-15-21-7-4-5-10-24(21)19-27/h1-20,29H,(H,33,35)(H,34,36). The van der Waals surface area contributed by atoms with Crippen LogP contribution in [0, 0.1) is 5.82 Å². The minimum absolute atomic E-state index is 0.146. The van der Waals surface area contributed by atoms with Crippen LogP contribution in [0.2, 0.25) is 0 Å². The molecular weight excluding hydrogens is 483 g/mol. The van der Waals surface area contributed by atoms with E-state index in [0.717, 1.165) is 26.9 Å². The molecule has 1 unspecified atom stereocenters. The number of carbonyl (C=O) groups is 2. The highest BCUT2D eigenvalue weighted by atomic mass is 32.2. The molecule has 5 rings (SSSR count). The highest BCUT2D eigenvalue weighted by molar-refractivity contribution is 8.00. The predicted octanol–water partition coefficient (Wildman–Crippen LogP) is 7.70. The molecule has 5 aromatic rings. The number of benzene rings is 5. The van der Waals surface area contributed by atoms with E-state index in [4.69, 9.17) is 0 Å². The highest BCUT2D eigenvalue weighted by Crippen LogP contribution is 2.37. The summed E-state index contributed by atoms with van der Waals surface area (Å²) in [6.07, 6.45) is 0. The van der Waals surface area contributed by atoms with Crippen molar-refractivity contribution in [3.63, 3.8) is 0 Å². The molecule has 0 heterocycles. The van der Waals surface area contributed by atoms with Gasteiger partial charge < -0.3 is 10.6 Å². The molecule has 5 aromatic carbocycles. The van der Waals surface area contributed by atoms with Crippen molar-refractivity contribution in [1.29, 1.82) is 0 Å². The lowest BCUT2D eigenvalue weighted by Crippen LogP contribution is -2.19. The second kappa shape index (κ2) is 11.1. The summed E-state index contributed by atoms with van der Waals surface area (Å²) in [5.41, 5.74) is 2.54. The molecule has 4 nitrogen and oxygen atoms in total. The summed E-state index contributed by atoms with van der Waals surface area (Å²) < 4.78 is 13.2. The molecule has 0 radical (unpaired) electrons. The van der Waals surface area contributed by atoms with Crippen LogP contribution in [-0.2, 0) is 4.79 Å². The fourth-order valence-corrected chi connectivity index (χ4v) is 5.05. The first kappa shape index (κ1) is 24.3. The summed E-state index contributed by atoms with van der Waals surface area (Å²) in [6.45, 7) is 0. The minimum atomic E-state index is -0.518. The lowest BCUT2D eigenvalue weighted by molar-refractivity contribution is -0.115. The molecule has 1 atom stereocenters. The molecule has 0 saturated carbocycles. The van der Waals surface area contributed by atoms with E-state index < -0.39 is 11.1 Å². The summed E-state index contributed by atoms with van der Waals surface area (Å²) in [4.78, 5) is 26.9. The zero-order chi connectivity index (χ0) is 25.6. The Bertz CT molecular complexity index is 1560. The maximum Gasteiger partial charge on any atom is 0.255 e. The predicted molar refractivity (Wildman–Crippen MR) is 148 cm³/mol. The van der Waals surface area contributed by atoms with E-state index in [1.807, 2.05) is 91.0 Å². The van der Waals surface area contributed by atoms with Crippen molar-refractivity contribution in [2.45, 2.75) is 10.1 Å². The molecule has 0 saturated heterocycles. The summed E-state index contributed by atoms with van der Waals surface area (Å²) >= 11 is 1.40. The molecule has 0 bridgehead atoms. The fourth-order valence-electron chi connectivity index (χ4n) is 3.96. The quantitative estimate of drug-likeness (QED) is 0.222. The number of hydrogen-bond acceptors (Lipinski definition) is 3. The Balaban J connectivity index is 1.36. The van der Waals surface area contributed by atoms with Crippen LogP contribution in [0.25, 0.3) is 10.8 Å². The zero-order valence-electron chi connectivity index (χ0n) is 19.7.